The Balaban J connectivity index is 1.35. The van der Waals surface area contributed by atoms with Crippen LogP contribution in [0.4, 0.5) is 10.5 Å². The molecule has 2 aliphatic rings. The summed E-state index contributed by atoms with van der Waals surface area (Å²) < 4.78 is 2.21. The number of aromatic nitrogens is 1. The topological polar surface area (TPSA) is 57.6 Å². The summed E-state index contributed by atoms with van der Waals surface area (Å²) in [4.78, 5) is 29.5. The summed E-state index contributed by atoms with van der Waals surface area (Å²) in [5.41, 5.74) is 3.06. The number of benzene rings is 2. The van der Waals surface area contributed by atoms with Crippen LogP contribution in [0.3, 0.4) is 0 Å². The first-order valence-corrected chi connectivity index (χ1v) is 10.3. The van der Waals surface area contributed by atoms with Crippen LogP contribution in [-0.4, -0.2) is 40.5 Å². The number of carbonyl (C=O) groups excluding carboxylic acids is 2. The average Bonchev–Trinajstić information content (AvgIpc) is 3.40. The van der Waals surface area contributed by atoms with Gasteiger partial charge in [0.2, 0.25) is 5.91 Å². The van der Waals surface area contributed by atoms with E-state index in [2.05, 4.69) is 34.3 Å². The van der Waals surface area contributed by atoms with Crippen LogP contribution in [0, 0.1) is 0 Å². The Labute approximate surface area is 175 Å². The Hall–Kier alpha value is -3.54. The predicted octanol–water partition coefficient (Wildman–Crippen LogP) is 3.41. The maximum Gasteiger partial charge on any atom is 0.318 e. The molecule has 2 aromatic carbocycles. The van der Waals surface area contributed by atoms with Crippen LogP contribution >= 0.6 is 0 Å². The molecule has 0 spiro atoms. The van der Waals surface area contributed by atoms with Crippen LogP contribution in [0.5, 0.6) is 0 Å². The lowest BCUT2D eigenvalue weighted by molar-refractivity contribution is -0.117. The summed E-state index contributed by atoms with van der Waals surface area (Å²) >= 11 is 0. The van der Waals surface area contributed by atoms with Crippen LogP contribution in [-0.2, 0) is 11.3 Å². The number of urea groups is 1. The van der Waals surface area contributed by atoms with E-state index in [1.165, 1.54) is 0 Å². The van der Waals surface area contributed by atoms with Crippen molar-refractivity contribution in [1.82, 2.24) is 14.8 Å². The van der Waals surface area contributed by atoms with E-state index in [9.17, 15) is 9.59 Å². The van der Waals surface area contributed by atoms with Crippen molar-refractivity contribution in [1.29, 1.82) is 0 Å². The Bertz CT molecular complexity index is 1050. The van der Waals surface area contributed by atoms with E-state index in [-0.39, 0.29) is 24.0 Å². The molecule has 0 saturated carbocycles. The van der Waals surface area contributed by atoms with Gasteiger partial charge in [-0.25, -0.2) is 4.79 Å². The number of anilines is 1. The maximum absolute atomic E-state index is 13.3. The van der Waals surface area contributed by atoms with Gasteiger partial charge in [0.15, 0.2) is 0 Å². The second-order valence-electron chi connectivity index (χ2n) is 7.82. The molecule has 0 aliphatic carbocycles. The van der Waals surface area contributed by atoms with E-state index in [1.807, 2.05) is 59.5 Å². The van der Waals surface area contributed by atoms with Crippen molar-refractivity contribution in [3.8, 4) is 0 Å². The van der Waals surface area contributed by atoms with Gasteiger partial charge in [-0.1, -0.05) is 48.5 Å². The molecule has 3 aromatic rings. The zero-order valence-electron chi connectivity index (χ0n) is 16.6. The Morgan fingerprint density at radius 3 is 2.40 bits per heavy atom. The molecule has 152 valence electrons. The summed E-state index contributed by atoms with van der Waals surface area (Å²) in [6.07, 6.45) is 2.38. The van der Waals surface area contributed by atoms with Gasteiger partial charge in [-0.2, -0.15) is 0 Å². The zero-order chi connectivity index (χ0) is 20.5. The second-order valence-corrected chi connectivity index (χ2v) is 7.82. The van der Waals surface area contributed by atoms with E-state index < -0.39 is 0 Å². The van der Waals surface area contributed by atoms with Crippen molar-refractivity contribution in [2.24, 2.45) is 0 Å². The number of amides is 3. The summed E-state index contributed by atoms with van der Waals surface area (Å²) in [7, 11) is 0. The number of hydrogen-bond acceptors (Lipinski definition) is 2. The van der Waals surface area contributed by atoms with E-state index in [0.717, 1.165) is 23.5 Å². The highest BCUT2D eigenvalue weighted by Gasteiger charge is 2.36. The normalized spacial score (nSPS) is 20.9. The molecule has 0 radical (unpaired) electrons. The number of hydrogen-bond donors (Lipinski definition) is 1. The fourth-order valence-electron chi connectivity index (χ4n) is 4.51. The minimum Gasteiger partial charge on any atom is -0.348 e. The molecular formula is C24H24N4O2. The van der Waals surface area contributed by atoms with Crippen molar-refractivity contribution in [2.45, 2.75) is 25.0 Å². The van der Waals surface area contributed by atoms with E-state index >= 15 is 0 Å². The highest BCUT2D eigenvalue weighted by Crippen LogP contribution is 2.32. The molecular weight excluding hydrogens is 376 g/mol. The number of carbonyl (C=O) groups is 2. The summed E-state index contributed by atoms with van der Waals surface area (Å²) in [6, 6.07) is 23.4. The third-order valence-corrected chi connectivity index (χ3v) is 5.93. The van der Waals surface area contributed by atoms with Crippen molar-refractivity contribution in [2.75, 3.05) is 18.0 Å². The van der Waals surface area contributed by atoms with Gasteiger partial charge in [0, 0.05) is 43.6 Å². The third-order valence-electron chi connectivity index (χ3n) is 5.93. The van der Waals surface area contributed by atoms with Crippen molar-refractivity contribution >= 4 is 17.6 Å². The van der Waals surface area contributed by atoms with Crippen LogP contribution in [0.15, 0.2) is 79.0 Å². The first-order valence-electron chi connectivity index (χ1n) is 10.3. The van der Waals surface area contributed by atoms with Gasteiger partial charge >= 0.3 is 6.03 Å². The summed E-state index contributed by atoms with van der Waals surface area (Å²) in [5.74, 6) is 0.0404. The second kappa shape index (κ2) is 7.71. The Kier molecular flexibility index (Phi) is 4.75. The van der Waals surface area contributed by atoms with Gasteiger partial charge in [0.25, 0.3) is 0 Å². The third kappa shape index (κ3) is 3.34. The van der Waals surface area contributed by atoms with Crippen LogP contribution in [0.25, 0.3) is 0 Å². The highest BCUT2D eigenvalue weighted by molar-refractivity contribution is 5.96. The maximum atomic E-state index is 13.3. The molecule has 5 rings (SSSR count). The van der Waals surface area contributed by atoms with E-state index in [1.54, 1.807) is 4.90 Å². The molecule has 2 unspecified atom stereocenters. The highest BCUT2D eigenvalue weighted by atomic mass is 16.2. The van der Waals surface area contributed by atoms with Gasteiger partial charge < -0.3 is 19.7 Å². The molecule has 0 bridgehead atoms. The molecule has 2 atom stereocenters. The van der Waals surface area contributed by atoms with Crippen molar-refractivity contribution < 1.29 is 9.59 Å². The van der Waals surface area contributed by atoms with Crippen molar-refractivity contribution in [3.63, 3.8) is 0 Å². The summed E-state index contributed by atoms with van der Waals surface area (Å²) in [5, 5.41) is 3.12. The monoisotopic (exact) mass is 400 g/mol. The number of rotatable bonds is 3. The molecule has 1 fully saturated rings. The standard InChI is InChI=1S/C24H24N4O2/c29-22-16-19(17-28(22)20-10-5-2-6-11-20)25-24(30)27-15-14-26-13-7-12-21(26)23(27)18-8-3-1-4-9-18/h1-13,19,23H,14-17H2,(H,25,30). The average molecular weight is 400 g/mol. The molecule has 1 aromatic heterocycles. The first-order chi connectivity index (χ1) is 14.7. The van der Waals surface area contributed by atoms with Crippen LogP contribution < -0.4 is 10.2 Å². The number of nitrogens with zero attached hydrogens (tertiary/aromatic N) is 3. The van der Waals surface area contributed by atoms with Gasteiger partial charge in [0.05, 0.1) is 12.1 Å². The molecule has 1 N–H and O–H groups in total. The van der Waals surface area contributed by atoms with Gasteiger partial charge in [-0.15, -0.1) is 0 Å². The minimum atomic E-state index is -0.199. The summed E-state index contributed by atoms with van der Waals surface area (Å²) in [6.45, 7) is 1.88. The Morgan fingerprint density at radius 1 is 0.900 bits per heavy atom. The quantitative estimate of drug-likeness (QED) is 0.733. The SMILES string of the molecule is O=C1CC(NC(=O)N2CCn3cccc3C2c2ccccc2)CN1c1ccccc1. The molecule has 30 heavy (non-hydrogen) atoms. The molecule has 6 nitrogen and oxygen atoms in total. The van der Waals surface area contributed by atoms with E-state index in [4.69, 9.17) is 0 Å². The fourth-order valence-corrected chi connectivity index (χ4v) is 4.51. The van der Waals surface area contributed by atoms with Gasteiger partial charge in [-0.3, -0.25) is 4.79 Å². The van der Waals surface area contributed by atoms with Crippen molar-refractivity contribution in [3.05, 3.63) is 90.3 Å². The zero-order valence-corrected chi connectivity index (χ0v) is 16.6. The predicted molar refractivity (Wildman–Crippen MR) is 115 cm³/mol. The van der Waals surface area contributed by atoms with Crippen LogP contribution in [0.1, 0.15) is 23.7 Å². The van der Waals surface area contributed by atoms with E-state index in [0.29, 0.717) is 19.5 Å². The minimum absolute atomic E-state index is 0.0404. The lowest BCUT2D eigenvalue weighted by atomic mass is 10.0. The fraction of sp³-hybridized carbons (Fsp3) is 0.250. The lowest BCUT2D eigenvalue weighted by Gasteiger charge is -2.37. The molecule has 3 heterocycles. The molecule has 2 aliphatic heterocycles. The largest absolute Gasteiger partial charge is 0.348 e. The number of para-hydroxylation sites is 1. The lowest BCUT2D eigenvalue weighted by Crippen LogP contribution is -2.50. The molecule has 6 heteroatoms. The number of fused-ring (bicyclic) bond motifs is 1. The van der Waals surface area contributed by atoms with Crippen LogP contribution in [0.2, 0.25) is 0 Å². The number of nitrogens with one attached hydrogen (secondary N) is 1. The van der Waals surface area contributed by atoms with Gasteiger partial charge in [0.1, 0.15) is 0 Å². The Morgan fingerprint density at radius 2 is 1.63 bits per heavy atom. The smallest absolute Gasteiger partial charge is 0.318 e. The molecule has 1 saturated heterocycles. The molecule has 3 amide bonds. The van der Waals surface area contributed by atoms with Gasteiger partial charge in [-0.05, 0) is 29.8 Å². The first kappa shape index (κ1) is 18.5.